The predicted molar refractivity (Wildman–Crippen MR) is 49.8 cm³/mol. The number of hydrogen-bond acceptors (Lipinski definition) is 4. The van der Waals surface area contributed by atoms with E-state index in [1.807, 2.05) is 16.8 Å². The molecule has 1 heterocycles. The summed E-state index contributed by atoms with van der Waals surface area (Å²) in [6.07, 6.45) is 0.676. The summed E-state index contributed by atoms with van der Waals surface area (Å²) in [4.78, 5) is 11.0. The number of Topliss-reactive ketones (excluding diaryl/α,β-unsaturated/α-hetero) is 1. The van der Waals surface area contributed by atoms with Gasteiger partial charge in [-0.15, -0.1) is 0 Å². The highest BCUT2D eigenvalue weighted by atomic mass is 32.1. The lowest BCUT2D eigenvalue weighted by Crippen LogP contribution is -2.41. The fourth-order valence-electron chi connectivity index (χ4n) is 0.965. The largest absolute Gasteiger partial charge is 0.298 e. The number of hydrazine groups is 1. The second kappa shape index (κ2) is 4.35. The van der Waals surface area contributed by atoms with Gasteiger partial charge in [0.25, 0.3) is 0 Å². The molecule has 0 aliphatic carbocycles. The first-order valence-corrected chi connectivity index (χ1v) is 4.66. The zero-order chi connectivity index (χ0) is 8.97. The van der Waals surface area contributed by atoms with Crippen LogP contribution in [0.3, 0.4) is 0 Å². The van der Waals surface area contributed by atoms with Crippen LogP contribution < -0.4 is 11.3 Å². The molecule has 0 saturated carbocycles. The van der Waals surface area contributed by atoms with Crippen LogP contribution >= 0.6 is 11.3 Å². The molecule has 0 bridgehead atoms. The lowest BCUT2D eigenvalue weighted by Gasteiger charge is -2.10. The van der Waals surface area contributed by atoms with E-state index in [0.717, 1.165) is 5.56 Å². The van der Waals surface area contributed by atoms with Crippen molar-refractivity contribution in [2.24, 2.45) is 5.84 Å². The number of carbonyl (C=O) groups excluding carboxylic acids is 1. The number of ketones is 1. The van der Waals surface area contributed by atoms with Crippen molar-refractivity contribution in [3.8, 4) is 0 Å². The predicted octanol–water partition coefficient (Wildman–Crippen LogP) is 0.712. The normalized spacial score (nSPS) is 12.8. The monoisotopic (exact) mass is 184 g/mol. The summed E-state index contributed by atoms with van der Waals surface area (Å²) in [7, 11) is 0. The van der Waals surface area contributed by atoms with Gasteiger partial charge in [-0.1, -0.05) is 0 Å². The SMILES string of the molecule is CC(=O)C(Cc1ccsc1)NN. The summed E-state index contributed by atoms with van der Waals surface area (Å²) < 4.78 is 0. The third kappa shape index (κ3) is 2.41. The minimum Gasteiger partial charge on any atom is -0.298 e. The fourth-order valence-corrected chi connectivity index (χ4v) is 1.65. The van der Waals surface area contributed by atoms with E-state index in [9.17, 15) is 4.79 Å². The second-order valence-corrected chi connectivity index (χ2v) is 3.45. The summed E-state index contributed by atoms with van der Waals surface area (Å²) in [6, 6.07) is 1.75. The molecule has 0 radical (unpaired) electrons. The van der Waals surface area contributed by atoms with E-state index >= 15 is 0 Å². The maximum absolute atomic E-state index is 11.0. The van der Waals surface area contributed by atoms with Crippen molar-refractivity contribution in [2.75, 3.05) is 0 Å². The number of carbonyl (C=O) groups is 1. The Morgan fingerprint density at radius 3 is 3.00 bits per heavy atom. The van der Waals surface area contributed by atoms with Crippen LogP contribution in [-0.2, 0) is 11.2 Å². The van der Waals surface area contributed by atoms with Gasteiger partial charge in [-0.05, 0) is 35.7 Å². The molecule has 0 fully saturated rings. The molecule has 0 aromatic carbocycles. The topological polar surface area (TPSA) is 55.1 Å². The number of thiophene rings is 1. The van der Waals surface area contributed by atoms with Gasteiger partial charge in [0, 0.05) is 0 Å². The summed E-state index contributed by atoms with van der Waals surface area (Å²) in [6.45, 7) is 1.54. The fraction of sp³-hybridized carbons (Fsp3) is 0.375. The molecule has 1 aromatic rings. The molecule has 3 N–H and O–H groups in total. The zero-order valence-corrected chi connectivity index (χ0v) is 7.73. The van der Waals surface area contributed by atoms with Crippen LogP contribution in [-0.4, -0.2) is 11.8 Å². The lowest BCUT2D eigenvalue weighted by molar-refractivity contribution is -0.118. The van der Waals surface area contributed by atoms with Crippen molar-refractivity contribution >= 4 is 17.1 Å². The summed E-state index contributed by atoms with van der Waals surface area (Å²) in [5, 5.41) is 4.01. The van der Waals surface area contributed by atoms with E-state index in [1.165, 1.54) is 6.92 Å². The first kappa shape index (κ1) is 9.38. The van der Waals surface area contributed by atoms with E-state index in [4.69, 9.17) is 5.84 Å². The summed E-state index contributed by atoms with van der Waals surface area (Å²) in [5.41, 5.74) is 3.65. The average Bonchev–Trinajstić information content (AvgIpc) is 2.51. The van der Waals surface area contributed by atoms with Crippen molar-refractivity contribution < 1.29 is 4.79 Å². The van der Waals surface area contributed by atoms with Gasteiger partial charge in [-0.3, -0.25) is 10.6 Å². The highest BCUT2D eigenvalue weighted by Crippen LogP contribution is 2.08. The van der Waals surface area contributed by atoms with Gasteiger partial charge in [0.1, 0.15) is 5.78 Å². The molecule has 1 atom stereocenters. The van der Waals surface area contributed by atoms with E-state index in [2.05, 4.69) is 5.43 Å². The molecule has 0 amide bonds. The van der Waals surface area contributed by atoms with Crippen LogP contribution in [0.4, 0.5) is 0 Å². The van der Waals surface area contributed by atoms with Gasteiger partial charge in [-0.25, -0.2) is 5.43 Å². The van der Waals surface area contributed by atoms with Crippen LogP contribution in [0.5, 0.6) is 0 Å². The highest BCUT2D eigenvalue weighted by molar-refractivity contribution is 7.07. The molecule has 0 spiro atoms. The van der Waals surface area contributed by atoms with Gasteiger partial charge in [0.2, 0.25) is 0 Å². The zero-order valence-electron chi connectivity index (χ0n) is 6.91. The first-order valence-electron chi connectivity index (χ1n) is 3.71. The van der Waals surface area contributed by atoms with Crippen molar-refractivity contribution in [3.63, 3.8) is 0 Å². The molecule has 66 valence electrons. The van der Waals surface area contributed by atoms with Crippen LogP contribution in [0.25, 0.3) is 0 Å². The van der Waals surface area contributed by atoms with Gasteiger partial charge in [-0.2, -0.15) is 11.3 Å². The van der Waals surface area contributed by atoms with Crippen LogP contribution in [0, 0.1) is 0 Å². The van der Waals surface area contributed by atoms with E-state index in [-0.39, 0.29) is 11.8 Å². The maximum Gasteiger partial charge on any atom is 0.148 e. The minimum absolute atomic E-state index is 0.0729. The maximum atomic E-state index is 11.0. The molecule has 0 aliphatic heterocycles. The van der Waals surface area contributed by atoms with Gasteiger partial charge in [0.05, 0.1) is 6.04 Å². The van der Waals surface area contributed by atoms with E-state index in [0.29, 0.717) is 6.42 Å². The molecule has 1 unspecified atom stereocenters. The lowest BCUT2D eigenvalue weighted by atomic mass is 10.1. The molecule has 12 heavy (non-hydrogen) atoms. The number of hydrogen-bond donors (Lipinski definition) is 2. The molecule has 0 saturated heterocycles. The molecule has 1 aromatic heterocycles. The third-order valence-electron chi connectivity index (χ3n) is 1.71. The minimum atomic E-state index is -0.250. The van der Waals surface area contributed by atoms with Crippen LogP contribution in [0.2, 0.25) is 0 Å². The smallest absolute Gasteiger partial charge is 0.148 e. The molecule has 3 nitrogen and oxygen atoms in total. The van der Waals surface area contributed by atoms with Gasteiger partial charge >= 0.3 is 0 Å². The Balaban J connectivity index is 2.54. The molecular weight excluding hydrogens is 172 g/mol. The Morgan fingerprint density at radius 1 is 1.83 bits per heavy atom. The Kier molecular flexibility index (Phi) is 3.40. The average molecular weight is 184 g/mol. The molecule has 0 aliphatic rings. The molecule has 4 heteroatoms. The Labute approximate surface area is 75.6 Å². The van der Waals surface area contributed by atoms with Crippen LogP contribution in [0.1, 0.15) is 12.5 Å². The number of nitrogens with one attached hydrogen (secondary N) is 1. The Hall–Kier alpha value is -0.710. The highest BCUT2D eigenvalue weighted by Gasteiger charge is 2.12. The van der Waals surface area contributed by atoms with Crippen molar-refractivity contribution in [1.82, 2.24) is 5.43 Å². The van der Waals surface area contributed by atoms with Crippen molar-refractivity contribution in [1.29, 1.82) is 0 Å². The Morgan fingerprint density at radius 2 is 2.58 bits per heavy atom. The quantitative estimate of drug-likeness (QED) is 0.535. The van der Waals surface area contributed by atoms with Gasteiger partial charge < -0.3 is 0 Å². The molecular formula is C8H12N2OS. The first-order chi connectivity index (χ1) is 5.74. The number of rotatable bonds is 4. The van der Waals surface area contributed by atoms with Crippen molar-refractivity contribution in [2.45, 2.75) is 19.4 Å². The summed E-state index contributed by atoms with van der Waals surface area (Å²) in [5.74, 6) is 5.30. The Bertz CT molecular complexity index is 246. The van der Waals surface area contributed by atoms with Crippen molar-refractivity contribution in [3.05, 3.63) is 22.4 Å². The number of nitrogens with two attached hydrogens (primary N) is 1. The standard InChI is InChI=1S/C8H12N2OS/c1-6(11)8(10-9)4-7-2-3-12-5-7/h2-3,5,8,10H,4,9H2,1H3. The van der Waals surface area contributed by atoms with E-state index < -0.39 is 0 Å². The van der Waals surface area contributed by atoms with Crippen LogP contribution in [0.15, 0.2) is 16.8 Å². The van der Waals surface area contributed by atoms with E-state index in [1.54, 1.807) is 11.3 Å². The second-order valence-electron chi connectivity index (χ2n) is 2.67. The third-order valence-corrected chi connectivity index (χ3v) is 2.44. The summed E-state index contributed by atoms with van der Waals surface area (Å²) >= 11 is 1.62. The van der Waals surface area contributed by atoms with Gasteiger partial charge in [0.15, 0.2) is 0 Å². The molecule has 1 rings (SSSR count).